The van der Waals surface area contributed by atoms with E-state index < -0.39 is 17.2 Å². The normalized spacial score (nSPS) is 16.0. The summed E-state index contributed by atoms with van der Waals surface area (Å²) in [6.07, 6.45) is 0. The Labute approximate surface area is 128 Å². The number of carbonyl (C=O) groups is 2. The van der Waals surface area contributed by atoms with E-state index in [9.17, 15) is 19.8 Å². The molecule has 0 saturated carbocycles. The summed E-state index contributed by atoms with van der Waals surface area (Å²) in [4.78, 5) is 25.3. The van der Waals surface area contributed by atoms with Gasteiger partial charge in [-0.2, -0.15) is 0 Å². The molecule has 0 unspecified atom stereocenters. The first-order valence-electron chi connectivity index (χ1n) is 7.01. The highest BCUT2D eigenvalue weighted by molar-refractivity contribution is 6.32. The lowest BCUT2D eigenvalue weighted by Crippen LogP contribution is -2.39. The summed E-state index contributed by atoms with van der Waals surface area (Å²) in [5.74, 6) is -1.11. The Balaban J connectivity index is 2.30. The van der Waals surface area contributed by atoms with Gasteiger partial charge in [0.05, 0.1) is 0 Å². The van der Waals surface area contributed by atoms with Gasteiger partial charge in [0.25, 0.3) is 0 Å². The molecule has 0 heterocycles. The fourth-order valence-corrected chi connectivity index (χ4v) is 3.06. The van der Waals surface area contributed by atoms with Gasteiger partial charge in [-0.1, -0.05) is 24.3 Å². The number of rotatable bonds is 1. The van der Waals surface area contributed by atoms with Crippen molar-refractivity contribution in [3.63, 3.8) is 0 Å². The summed E-state index contributed by atoms with van der Waals surface area (Å²) >= 11 is 0. The number of hydrogen-bond donors (Lipinski definition) is 2. The van der Waals surface area contributed by atoms with E-state index in [2.05, 4.69) is 0 Å². The second kappa shape index (κ2) is 4.52. The predicted octanol–water partition coefficient (Wildman–Crippen LogP) is 2.58. The first-order valence-corrected chi connectivity index (χ1v) is 7.01. The van der Waals surface area contributed by atoms with Gasteiger partial charge in [-0.15, -0.1) is 0 Å². The average Bonchev–Trinajstić information content (AvgIpc) is 2.72. The molecule has 0 spiro atoms. The van der Waals surface area contributed by atoms with Gasteiger partial charge >= 0.3 is 0 Å². The van der Waals surface area contributed by atoms with Gasteiger partial charge in [-0.25, -0.2) is 0 Å². The van der Waals surface area contributed by atoms with Crippen LogP contribution in [0.25, 0.3) is 0 Å². The molecule has 0 radical (unpaired) electrons. The van der Waals surface area contributed by atoms with Crippen LogP contribution in [0.1, 0.15) is 43.0 Å². The van der Waals surface area contributed by atoms with Gasteiger partial charge in [0.15, 0.2) is 0 Å². The maximum Gasteiger partial charge on any atom is 0.216 e. The standard InChI is InChI=1S/C18H16O4/c1-9-8-14(10(2)11(3)15(9)19)18(22)16(20)12-6-4-5-7-13(12)17(18)21/h4-8,19,22H,1-3H3. The molecule has 112 valence electrons. The summed E-state index contributed by atoms with van der Waals surface area (Å²) in [6.45, 7) is 5.05. The van der Waals surface area contributed by atoms with Crippen LogP contribution < -0.4 is 0 Å². The van der Waals surface area contributed by atoms with Gasteiger partial charge in [-0.05, 0) is 43.5 Å². The number of benzene rings is 2. The number of phenols is 1. The highest BCUT2D eigenvalue weighted by Gasteiger charge is 2.53. The van der Waals surface area contributed by atoms with E-state index in [-0.39, 0.29) is 22.4 Å². The minimum atomic E-state index is -2.21. The van der Waals surface area contributed by atoms with Crippen molar-refractivity contribution in [2.24, 2.45) is 0 Å². The lowest BCUT2D eigenvalue weighted by Gasteiger charge is -2.24. The van der Waals surface area contributed by atoms with Gasteiger partial charge < -0.3 is 10.2 Å². The van der Waals surface area contributed by atoms with Crippen molar-refractivity contribution in [3.05, 3.63) is 63.7 Å². The van der Waals surface area contributed by atoms with Crippen LogP contribution >= 0.6 is 0 Å². The average molecular weight is 296 g/mol. The number of Topliss-reactive ketones (excluding diaryl/α,β-unsaturated/α-hetero) is 2. The molecule has 0 amide bonds. The smallest absolute Gasteiger partial charge is 0.216 e. The molecule has 2 N–H and O–H groups in total. The zero-order valence-corrected chi connectivity index (χ0v) is 12.6. The summed E-state index contributed by atoms with van der Waals surface area (Å²) in [5.41, 5.74) is 0.113. The molecule has 2 aromatic carbocycles. The van der Waals surface area contributed by atoms with Crippen molar-refractivity contribution in [1.82, 2.24) is 0 Å². The van der Waals surface area contributed by atoms with Gasteiger partial charge in [-0.3, -0.25) is 9.59 Å². The zero-order valence-electron chi connectivity index (χ0n) is 12.6. The second-order valence-electron chi connectivity index (χ2n) is 5.75. The van der Waals surface area contributed by atoms with E-state index in [1.807, 2.05) is 0 Å². The van der Waals surface area contributed by atoms with E-state index in [0.717, 1.165) is 0 Å². The molecular formula is C18H16O4. The van der Waals surface area contributed by atoms with Gasteiger partial charge in [0, 0.05) is 16.7 Å². The third-order valence-electron chi connectivity index (χ3n) is 4.52. The number of carbonyl (C=O) groups excluding carboxylic acids is 2. The van der Waals surface area contributed by atoms with Crippen LogP contribution in [0.3, 0.4) is 0 Å². The van der Waals surface area contributed by atoms with Crippen LogP contribution in [0.5, 0.6) is 5.75 Å². The SMILES string of the molecule is Cc1cc(C2(O)C(=O)c3ccccc3C2=O)c(C)c(C)c1O. The van der Waals surface area contributed by atoms with Gasteiger partial charge in [0.1, 0.15) is 5.75 Å². The summed E-state index contributed by atoms with van der Waals surface area (Å²) in [6, 6.07) is 7.93. The Kier molecular flexibility index (Phi) is 2.97. The predicted molar refractivity (Wildman–Crippen MR) is 81.3 cm³/mol. The van der Waals surface area contributed by atoms with Crippen molar-refractivity contribution in [1.29, 1.82) is 0 Å². The van der Waals surface area contributed by atoms with Crippen molar-refractivity contribution >= 4 is 11.6 Å². The quantitative estimate of drug-likeness (QED) is 0.793. The number of phenolic OH excluding ortho intramolecular Hbond substituents is 1. The molecule has 0 fully saturated rings. The molecule has 0 aliphatic heterocycles. The van der Waals surface area contributed by atoms with Crippen molar-refractivity contribution in [2.45, 2.75) is 26.4 Å². The van der Waals surface area contributed by atoms with Crippen LogP contribution in [0, 0.1) is 20.8 Å². The number of ketones is 2. The minimum Gasteiger partial charge on any atom is -0.507 e. The monoisotopic (exact) mass is 296 g/mol. The summed E-state index contributed by atoms with van der Waals surface area (Å²) in [5, 5.41) is 21.0. The van der Waals surface area contributed by atoms with Crippen LogP contribution in [0.2, 0.25) is 0 Å². The molecule has 0 saturated heterocycles. The molecule has 1 aliphatic rings. The Morgan fingerprint density at radius 3 is 1.91 bits per heavy atom. The van der Waals surface area contributed by atoms with E-state index >= 15 is 0 Å². The number of fused-ring (bicyclic) bond motifs is 1. The van der Waals surface area contributed by atoms with E-state index in [1.165, 1.54) is 6.07 Å². The Morgan fingerprint density at radius 1 is 0.909 bits per heavy atom. The highest BCUT2D eigenvalue weighted by Crippen LogP contribution is 2.41. The Hall–Kier alpha value is -2.46. The lowest BCUT2D eigenvalue weighted by molar-refractivity contribution is 0.0318. The van der Waals surface area contributed by atoms with Crippen LogP contribution in [-0.2, 0) is 5.60 Å². The Bertz CT molecular complexity index is 798. The van der Waals surface area contributed by atoms with Crippen LogP contribution in [0.15, 0.2) is 30.3 Å². The van der Waals surface area contributed by atoms with Crippen molar-refractivity contribution in [2.75, 3.05) is 0 Å². The topological polar surface area (TPSA) is 74.6 Å². The fraction of sp³-hybridized carbons (Fsp3) is 0.222. The fourth-order valence-electron chi connectivity index (χ4n) is 3.06. The number of aryl methyl sites for hydroxylation is 1. The number of hydrogen-bond acceptors (Lipinski definition) is 4. The lowest BCUT2D eigenvalue weighted by atomic mass is 9.83. The van der Waals surface area contributed by atoms with E-state index in [4.69, 9.17) is 0 Å². The summed E-state index contributed by atoms with van der Waals surface area (Å²) in [7, 11) is 0. The van der Waals surface area contributed by atoms with Gasteiger partial charge in [0.2, 0.25) is 17.2 Å². The molecular weight excluding hydrogens is 280 g/mol. The summed E-state index contributed by atoms with van der Waals surface area (Å²) < 4.78 is 0. The maximum absolute atomic E-state index is 12.7. The molecule has 3 rings (SSSR count). The van der Waals surface area contributed by atoms with Crippen molar-refractivity contribution in [3.8, 4) is 5.75 Å². The molecule has 0 bridgehead atoms. The third kappa shape index (κ3) is 1.61. The van der Waals surface area contributed by atoms with Crippen LogP contribution in [-0.4, -0.2) is 21.8 Å². The molecule has 1 aliphatic carbocycles. The van der Waals surface area contributed by atoms with Crippen molar-refractivity contribution < 1.29 is 19.8 Å². The molecule has 0 aromatic heterocycles. The zero-order chi connectivity index (χ0) is 16.2. The first kappa shape index (κ1) is 14.5. The number of aliphatic hydroxyl groups is 1. The largest absolute Gasteiger partial charge is 0.507 e. The molecule has 0 atom stereocenters. The van der Waals surface area contributed by atoms with E-state index in [0.29, 0.717) is 16.7 Å². The highest BCUT2D eigenvalue weighted by atomic mass is 16.3. The molecule has 22 heavy (non-hydrogen) atoms. The molecule has 4 heteroatoms. The molecule has 4 nitrogen and oxygen atoms in total. The minimum absolute atomic E-state index is 0.111. The maximum atomic E-state index is 12.7. The Morgan fingerprint density at radius 2 is 1.41 bits per heavy atom. The van der Waals surface area contributed by atoms with Crippen LogP contribution in [0.4, 0.5) is 0 Å². The number of aromatic hydroxyl groups is 1. The third-order valence-corrected chi connectivity index (χ3v) is 4.52. The first-order chi connectivity index (χ1) is 10.3. The van der Waals surface area contributed by atoms with E-state index in [1.54, 1.807) is 45.0 Å². The molecule has 2 aromatic rings. The second-order valence-corrected chi connectivity index (χ2v) is 5.75.